The van der Waals surface area contributed by atoms with Gasteiger partial charge in [-0.3, -0.25) is 0 Å². The van der Waals surface area contributed by atoms with Crippen LogP contribution in [0.15, 0.2) is 28.1 Å². The quantitative estimate of drug-likeness (QED) is 0.575. The first-order chi connectivity index (χ1) is 7.65. The summed E-state index contributed by atoms with van der Waals surface area (Å²) >= 11 is 9.26. The maximum Gasteiger partial charge on any atom is 0.0488 e. The number of halogens is 2. The minimum atomic E-state index is 0.459. The summed E-state index contributed by atoms with van der Waals surface area (Å²) in [6, 6.07) is 6.43. The van der Waals surface area contributed by atoms with Crippen LogP contribution in [0.25, 0.3) is 10.1 Å². The van der Waals surface area contributed by atoms with Gasteiger partial charge in [0.2, 0.25) is 0 Å². The van der Waals surface area contributed by atoms with Crippen molar-refractivity contribution in [3.8, 4) is 0 Å². The molecule has 0 nitrogen and oxygen atoms in total. The lowest BCUT2D eigenvalue weighted by Crippen LogP contribution is -2.00. The second kappa shape index (κ2) is 5.19. The Morgan fingerprint density at radius 2 is 2.12 bits per heavy atom. The highest BCUT2D eigenvalue weighted by atomic mass is 79.9. The number of hydrogen-bond acceptors (Lipinski definition) is 1. The molecule has 2 unspecified atom stereocenters. The topological polar surface area (TPSA) is 0 Å². The van der Waals surface area contributed by atoms with Crippen LogP contribution < -0.4 is 0 Å². The van der Waals surface area contributed by atoms with Crippen LogP contribution in [0.3, 0.4) is 0 Å². The molecule has 1 aromatic heterocycles. The van der Waals surface area contributed by atoms with Crippen LogP contribution in [0.2, 0.25) is 0 Å². The Hall–Kier alpha value is 0.140. The van der Waals surface area contributed by atoms with Crippen molar-refractivity contribution in [3.05, 3.63) is 33.6 Å². The predicted octanol–water partition coefficient (Wildman–Crippen LogP) is 6.15. The first kappa shape index (κ1) is 12.6. The van der Waals surface area contributed by atoms with Crippen LogP contribution in [-0.4, -0.2) is 0 Å². The molecule has 0 aliphatic heterocycles. The summed E-state index contributed by atoms with van der Waals surface area (Å²) in [5.74, 6) is 0.664. The summed E-state index contributed by atoms with van der Waals surface area (Å²) in [6.07, 6.45) is 1.20. The molecule has 16 heavy (non-hydrogen) atoms. The maximum absolute atomic E-state index is 3.83. The van der Waals surface area contributed by atoms with Gasteiger partial charge < -0.3 is 0 Å². The lowest BCUT2D eigenvalue weighted by atomic mass is 9.98. The lowest BCUT2D eigenvalue weighted by molar-refractivity contribution is 0.558. The average molecular weight is 362 g/mol. The molecule has 0 saturated heterocycles. The number of fused-ring (bicyclic) bond motifs is 1. The van der Waals surface area contributed by atoms with E-state index in [9.17, 15) is 0 Å². The fraction of sp³-hybridized carbons (Fsp3) is 0.385. The summed E-state index contributed by atoms with van der Waals surface area (Å²) in [6.45, 7) is 4.53. The van der Waals surface area contributed by atoms with Crippen molar-refractivity contribution < 1.29 is 0 Å². The molecular weight excluding hydrogens is 348 g/mol. The van der Waals surface area contributed by atoms with E-state index in [1.807, 2.05) is 11.3 Å². The van der Waals surface area contributed by atoms with Crippen LogP contribution in [0.4, 0.5) is 0 Å². The molecule has 0 N–H and O–H groups in total. The summed E-state index contributed by atoms with van der Waals surface area (Å²) in [5.41, 5.74) is 1.43. The number of rotatable bonds is 3. The normalized spacial score (nSPS) is 15.2. The van der Waals surface area contributed by atoms with Gasteiger partial charge in [0.25, 0.3) is 0 Å². The predicted molar refractivity (Wildman–Crippen MR) is 80.6 cm³/mol. The van der Waals surface area contributed by atoms with Gasteiger partial charge in [-0.1, -0.05) is 48.3 Å². The summed E-state index contributed by atoms with van der Waals surface area (Å²) < 4.78 is 2.55. The standard InChI is InChI=1S/C13H14Br2S/c1-3-8(2)12(15)10-7-16-13-9(10)5-4-6-11(13)14/h4-8,12H,3H2,1-2H3. The molecular formula is C13H14Br2S. The van der Waals surface area contributed by atoms with Crippen LogP contribution in [0, 0.1) is 5.92 Å². The van der Waals surface area contributed by atoms with E-state index in [0.717, 1.165) is 0 Å². The van der Waals surface area contributed by atoms with Crippen LogP contribution in [-0.2, 0) is 0 Å². The molecule has 0 saturated carbocycles. The molecule has 0 aliphatic carbocycles. The molecule has 2 atom stereocenters. The molecule has 0 spiro atoms. The highest BCUT2D eigenvalue weighted by Gasteiger charge is 2.18. The van der Waals surface area contributed by atoms with Gasteiger partial charge >= 0.3 is 0 Å². The van der Waals surface area contributed by atoms with E-state index in [0.29, 0.717) is 10.7 Å². The Bertz CT molecular complexity index is 490. The zero-order valence-electron chi connectivity index (χ0n) is 9.34. The van der Waals surface area contributed by atoms with E-state index in [1.165, 1.54) is 26.5 Å². The molecule has 1 heterocycles. The third-order valence-electron chi connectivity index (χ3n) is 3.02. The van der Waals surface area contributed by atoms with Gasteiger partial charge in [0.05, 0.1) is 0 Å². The van der Waals surface area contributed by atoms with E-state index in [1.54, 1.807) is 0 Å². The Morgan fingerprint density at radius 1 is 1.38 bits per heavy atom. The summed E-state index contributed by atoms with van der Waals surface area (Å²) in [5, 5.41) is 3.66. The van der Waals surface area contributed by atoms with Gasteiger partial charge in [0.1, 0.15) is 0 Å². The maximum atomic E-state index is 3.83. The summed E-state index contributed by atoms with van der Waals surface area (Å²) in [4.78, 5) is 0.459. The Labute approximate surface area is 117 Å². The van der Waals surface area contributed by atoms with E-state index >= 15 is 0 Å². The van der Waals surface area contributed by atoms with Crippen LogP contribution >= 0.6 is 43.2 Å². The van der Waals surface area contributed by atoms with E-state index in [2.05, 4.69) is 69.3 Å². The van der Waals surface area contributed by atoms with Gasteiger partial charge in [-0.25, -0.2) is 0 Å². The van der Waals surface area contributed by atoms with Crippen molar-refractivity contribution in [1.29, 1.82) is 0 Å². The van der Waals surface area contributed by atoms with E-state index < -0.39 is 0 Å². The van der Waals surface area contributed by atoms with Crippen LogP contribution in [0.1, 0.15) is 30.7 Å². The SMILES string of the molecule is CCC(C)C(Br)c1csc2c(Br)cccc12. The van der Waals surface area contributed by atoms with Crippen molar-refractivity contribution in [2.24, 2.45) is 5.92 Å². The fourth-order valence-corrected chi connectivity index (χ4v) is 4.35. The largest absolute Gasteiger partial charge is 0.142 e. The zero-order valence-corrected chi connectivity index (χ0v) is 13.3. The molecule has 0 fully saturated rings. The number of hydrogen-bond donors (Lipinski definition) is 0. The molecule has 0 aliphatic rings. The Kier molecular flexibility index (Phi) is 4.09. The van der Waals surface area contributed by atoms with Crippen molar-refractivity contribution in [1.82, 2.24) is 0 Å². The van der Waals surface area contributed by atoms with Crippen molar-refractivity contribution >= 4 is 53.3 Å². The second-order valence-electron chi connectivity index (χ2n) is 4.09. The molecule has 2 rings (SSSR count). The minimum absolute atomic E-state index is 0.459. The van der Waals surface area contributed by atoms with Gasteiger partial charge in [0, 0.05) is 14.0 Å². The first-order valence-corrected chi connectivity index (χ1v) is 8.03. The molecule has 3 heteroatoms. The van der Waals surface area contributed by atoms with Crippen molar-refractivity contribution in [3.63, 3.8) is 0 Å². The third-order valence-corrected chi connectivity index (χ3v) is 6.39. The Balaban J connectivity index is 2.50. The average Bonchev–Trinajstić information content (AvgIpc) is 2.72. The van der Waals surface area contributed by atoms with E-state index in [4.69, 9.17) is 0 Å². The van der Waals surface area contributed by atoms with Crippen LogP contribution in [0.5, 0.6) is 0 Å². The van der Waals surface area contributed by atoms with E-state index in [-0.39, 0.29) is 0 Å². The molecule has 1 aromatic carbocycles. The monoisotopic (exact) mass is 360 g/mol. The van der Waals surface area contributed by atoms with Crippen molar-refractivity contribution in [2.75, 3.05) is 0 Å². The zero-order chi connectivity index (χ0) is 11.7. The second-order valence-corrected chi connectivity index (χ2v) is 6.82. The number of benzene rings is 1. The van der Waals surface area contributed by atoms with Crippen molar-refractivity contribution in [2.45, 2.75) is 25.1 Å². The molecule has 2 aromatic rings. The van der Waals surface area contributed by atoms with Gasteiger partial charge in [0.15, 0.2) is 0 Å². The van der Waals surface area contributed by atoms with Gasteiger partial charge in [-0.15, -0.1) is 11.3 Å². The summed E-state index contributed by atoms with van der Waals surface area (Å²) in [7, 11) is 0. The smallest absolute Gasteiger partial charge is 0.0488 e. The molecule has 0 amide bonds. The highest BCUT2D eigenvalue weighted by molar-refractivity contribution is 9.10. The molecule has 86 valence electrons. The van der Waals surface area contributed by atoms with Gasteiger partial charge in [-0.2, -0.15) is 0 Å². The number of thiophene rings is 1. The first-order valence-electron chi connectivity index (χ1n) is 5.44. The molecule has 0 bridgehead atoms. The Morgan fingerprint density at radius 3 is 2.81 bits per heavy atom. The lowest BCUT2D eigenvalue weighted by Gasteiger charge is -2.16. The third kappa shape index (κ3) is 2.22. The van der Waals surface area contributed by atoms with Gasteiger partial charge in [-0.05, 0) is 44.2 Å². The number of alkyl halides is 1. The fourth-order valence-electron chi connectivity index (χ4n) is 1.77. The molecule has 0 radical (unpaired) electrons. The minimum Gasteiger partial charge on any atom is -0.142 e. The highest BCUT2D eigenvalue weighted by Crippen LogP contribution is 2.41.